The van der Waals surface area contributed by atoms with E-state index in [-0.39, 0.29) is 23.5 Å². The zero-order chi connectivity index (χ0) is 17.2. The van der Waals surface area contributed by atoms with E-state index >= 15 is 0 Å². The predicted octanol–water partition coefficient (Wildman–Crippen LogP) is 2.40. The molecule has 1 aromatic heterocycles. The highest BCUT2D eigenvalue weighted by Gasteiger charge is 2.29. The first-order valence-corrected chi connectivity index (χ1v) is 9.62. The second kappa shape index (κ2) is 6.78. The Hall–Kier alpha value is -2.12. The molecule has 0 radical (unpaired) electrons. The van der Waals surface area contributed by atoms with E-state index in [1.54, 1.807) is 18.2 Å². The number of benzene rings is 1. The fourth-order valence-corrected chi connectivity index (χ4v) is 4.34. The number of carbonyl (C=O) groups is 1. The van der Waals surface area contributed by atoms with Crippen LogP contribution in [0.3, 0.4) is 0 Å². The molecule has 1 atom stereocenters. The lowest BCUT2D eigenvalue weighted by molar-refractivity contribution is 0.0941. The van der Waals surface area contributed by atoms with Crippen LogP contribution in [-0.2, 0) is 9.84 Å². The van der Waals surface area contributed by atoms with Gasteiger partial charge in [0.1, 0.15) is 5.82 Å². The van der Waals surface area contributed by atoms with Crippen molar-refractivity contribution in [1.82, 2.24) is 10.3 Å². The average Bonchev–Trinajstić information content (AvgIpc) is 2.89. The molecule has 6 nitrogen and oxygen atoms in total. The summed E-state index contributed by atoms with van der Waals surface area (Å²) in [6.07, 6.45) is 1.89. The molecule has 0 saturated carbocycles. The van der Waals surface area contributed by atoms with Crippen molar-refractivity contribution < 1.29 is 13.2 Å². The van der Waals surface area contributed by atoms with Crippen LogP contribution in [0.1, 0.15) is 16.8 Å². The molecular weight excluding hydrogens is 350 g/mol. The molecule has 1 unspecified atom stereocenters. The maximum absolute atomic E-state index is 12.1. The molecule has 1 aliphatic rings. The van der Waals surface area contributed by atoms with Gasteiger partial charge in [-0.25, -0.2) is 13.4 Å². The SMILES string of the molecule is O=C(NC1CCS(=O)(=O)C1)c1ccc(Nc2ccccc2Cl)nc1. The van der Waals surface area contributed by atoms with Gasteiger partial charge in [-0.05, 0) is 30.7 Å². The summed E-state index contributed by atoms with van der Waals surface area (Å²) in [5.41, 5.74) is 1.10. The predicted molar refractivity (Wildman–Crippen MR) is 93.5 cm³/mol. The minimum atomic E-state index is -3.02. The second-order valence-corrected chi connectivity index (χ2v) is 8.25. The summed E-state index contributed by atoms with van der Waals surface area (Å²) < 4.78 is 22.8. The molecule has 8 heteroatoms. The molecule has 1 amide bonds. The third-order valence-corrected chi connectivity index (χ3v) is 5.83. The van der Waals surface area contributed by atoms with Gasteiger partial charge in [0.05, 0.1) is 27.8 Å². The van der Waals surface area contributed by atoms with Crippen LogP contribution in [0.4, 0.5) is 11.5 Å². The molecule has 2 heterocycles. The number of aromatic nitrogens is 1. The number of anilines is 2. The lowest BCUT2D eigenvalue weighted by atomic mass is 10.2. The van der Waals surface area contributed by atoms with Gasteiger partial charge in [-0.1, -0.05) is 23.7 Å². The maximum Gasteiger partial charge on any atom is 0.253 e. The molecule has 1 fully saturated rings. The Balaban J connectivity index is 1.64. The van der Waals surface area contributed by atoms with Crippen LogP contribution >= 0.6 is 11.6 Å². The Bertz CT molecular complexity index is 853. The fraction of sp³-hybridized carbons (Fsp3) is 0.250. The summed E-state index contributed by atoms with van der Waals surface area (Å²) in [7, 11) is -3.02. The average molecular weight is 366 g/mol. The summed E-state index contributed by atoms with van der Waals surface area (Å²) in [6, 6.07) is 10.2. The summed E-state index contributed by atoms with van der Waals surface area (Å²) in [4.78, 5) is 16.3. The number of halogens is 1. The first-order valence-electron chi connectivity index (χ1n) is 7.42. The van der Waals surface area contributed by atoms with Gasteiger partial charge in [0.2, 0.25) is 0 Å². The number of pyridine rings is 1. The number of amides is 1. The Morgan fingerprint density at radius 3 is 2.62 bits per heavy atom. The van der Waals surface area contributed by atoms with E-state index in [2.05, 4.69) is 15.6 Å². The lowest BCUT2D eigenvalue weighted by Crippen LogP contribution is -2.35. The van der Waals surface area contributed by atoms with E-state index in [1.807, 2.05) is 18.2 Å². The third-order valence-electron chi connectivity index (χ3n) is 3.73. The van der Waals surface area contributed by atoms with Gasteiger partial charge in [-0.15, -0.1) is 0 Å². The quantitative estimate of drug-likeness (QED) is 0.868. The number of sulfone groups is 1. The monoisotopic (exact) mass is 365 g/mol. The molecule has 3 rings (SSSR count). The lowest BCUT2D eigenvalue weighted by Gasteiger charge is -2.11. The van der Waals surface area contributed by atoms with Gasteiger partial charge < -0.3 is 10.6 Å². The van der Waals surface area contributed by atoms with Gasteiger partial charge in [0, 0.05) is 12.2 Å². The van der Waals surface area contributed by atoms with Crippen molar-refractivity contribution in [3.05, 3.63) is 53.2 Å². The van der Waals surface area contributed by atoms with E-state index < -0.39 is 9.84 Å². The van der Waals surface area contributed by atoms with Gasteiger partial charge in [0.25, 0.3) is 5.91 Å². The first-order chi connectivity index (χ1) is 11.4. The van der Waals surface area contributed by atoms with Gasteiger partial charge in [0.15, 0.2) is 9.84 Å². The first kappa shape index (κ1) is 16.7. The van der Waals surface area contributed by atoms with Crippen molar-refractivity contribution in [1.29, 1.82) is 0 Å². The summed E-state index contributed by atoms with van der Waals surface area (Å²) in [5, 5.41) is 6.37. The van der Waals surface area contributed by atoms with Crippen molar-refractivity contribution >= 4 is 38.9 Å². The van der Waals surface area contributed by atoms with Crippen LogP contribution < -0.4 is 10.6 Å². The van der Waals surface area contributed by atoms with Crippen molar-refractivity contribution in [3.63, 3.8) is 0 Å². The van der Waals surface area contributed by atoms with Gasteiger partial charge >= 0.3 is 0 Å². The van der Waals surface area contributed by atoms with Crippen molar-refractivity contribution in [2.45, 2.75) is 12.5 Å². The highest BCUT2D eigenvalue weighted by atomic mass is 35.5. The molecule has 0 bridgehead atoms. The number of nitrogens with one attached hydrogen (secondary N) is 2. The summed E-state index contributed by atoms with van der Waals surface area (Å²) in [6.45, 7) is 0. The van der Waals surface area contributed by atoms with Crippen molar-refractivity contribution in [2.75, 3.05) is 16.8 Å². The van der Waals surface area contributed by atoms with Crippen LogP contribution in [-0.4, -0.2) is 36.9 Å². The maximum atomic E-state index is 12.1. The molecule has 0 aliphatic carbocycles. The van der Waals surface area contributed by atoms with Crippen molar-refractivity contribution in [2.24, 2.45) is 0 Å². The van der Waals surface area contributed by atoms with Crippen LogP contribution in [0.5, 0.6) is 0 Å². The minimum Gasteiger partial charge on any atom is -0.348 e. The Labute approximate surface area is 145 Å². The minimum absolute atomic E-state index is 0.00167. The van der Waals surface area contributed by atoms with E-state index in [0.717, 1.165) is 5.69 Å². The molecule has 2 aromatic rings. The number of hydrogen-bond acceptors (Lipinski definition) is 5. The largest absolute Gasteiger partial charge is 0.348 e. The third kappa shape index (κ3) is 4.04. The Kier molecular flexibility index (Phi) is 4.73. The highest BCUT2D eigenvalue weighted by Crippen LogP contribution is 2.23. The Morgan fingerprint density at radius 1 is 1.21 bits per heavy atom. The molecule has 2 N–H and O–H groups in total. The topological polar surface area (TPSA) is 88.2 Å². The van der Waals surface area contributed by atoms with Gasteiger partial charge in [-0.3, -0.25) is 4.79 Å². The number of para-hydroxylation sites is 1. The molecule has 24 heavy (non-hydrogen) atoms. The zero-order valence-electron chi connectivity index (χ0n) is 12.7. The van der Waals surface area contributed by atoms with Crippen LogP contribution in [0.25, 0.3) is 0 Å². The van der Waals surface area contributed by atoms with E-state index in [1.165, 1.54) is 6.20 Å². The number of hydrogen-bond donors (Lipinski definition) is 2. The standard InChI is InChI=1S/C16H16ClN3O3S/c17-13-3-1-2-4-14(13)20-15-6-5-11(9-18-15)16(21)19-12-7-8-24(22,23)10-12/h1-6,9,12H,7-8,10H2,(H,18,20)(H,19,21). The smallest absolute Gasteiger partial charge is 0.253 e. The Morgan fingerprint density at radius 2 is 2.00 bits per heavy atom. The van der Waals surface area contributed by atoms with Gasteiger partial charge in [-0.2, -0.15) is 0 Å². The van der Waals surface area contributed by atoms with Crippen LogP contribution in [0.15, 0.2) is 42.6 Å². The second-order valence-electron chi connectivity index (χ2n) is 5.61. The fourth-order valence-electron chi connectivity index (χ4n) is 2.48. The van der Waals surface area contributed by atoms with E-state index in [4.69, 9.17) is 11.6 Å². The van der Waals surface area contributed by atoms with E-state index in [0.29, 0.717) is 22.8 Å². The highest BCUT2D eigenvalue weighted by molar-refractivity contribution is 7.91. The number of rotatable bonds is 4. The van der Waals surface area contributed by atoms with E-state index in [9.17, 15) is 13.2 Å². The molecule has 0 spiro atoms. The van der Waals surface area contributed by atoms with Crippen LogP contribution in [0, 0.1) is 0 Å². The molecule has 126 valence electrons. The molecule has 1 saturated heterocycles. The number of carbonyl (C=O) groups excluding carboxylic acids is 1. The summed E-state index contributed by atoms with van der Waals surface area (Å²) >= 11 is 6.07. The summed E-state index contributed by atoms with van der Waals surface area (Å²) in [5.74, 6) is 0.354. The molecular formula is C16H16ClN3O3S. The molecule has 1 aromatic carbocycles. The van der Waals surface area contributed by atoms with Crippen LogP contribution in [0.2, 0.25) is 5.02 Å². The van der Waals surface area contributed by atoms with Crippen molar-refractivity contribution in [3.8, 4) is 0 Å². The zero-order valence-corrected chi connectivity index (χ0v) is 14.3. The normalized spacial score (nSPS) is 19.0. The number of nitrogens with zero attached hydrogens (tertiary/aromatic N) is 1. The molecule has 1 aliphatic heterocycles.